The van der Waals surface area contributed by atoms with Crippen molar-refractivity contribution in [3.8, 4) is 0 Å². The van der Waals surface area contributed by atoms with Crippen LogP contribution in [0.2, 0.25) is 0 Å². The lowest BCUT2D eigenvalue weighted by Crippen LogP contribution is -2.51. The molecule has 1 saturated carbocycles. The van der Waals surface area contributed by atoms with Gasteiger partial charge in [-0.25, -0.2) is 0 Å². The van der Waals surface area contributed by atoms with Gasteiger partial charge < -0.3 is 5.32 Å². The molecule has 3 fully saturated rings. The van der Waals surface area contributed by atoms with Crippen molar-refractivity contribution in [2.45, 2.75) is 76.4 Å². The molecule has 2 saturated heterocycles. The lowest BCUT2D eigenvalue weighted by molar-refractivity contribution is 0.0787. The molecule has 2 nitrogen and oxygen atoms in total. The predicted octanol–water partition coefficient (Wildman–Crippen LogP) is 2.78. The summed E-state index contributed by atoms with van der Waals surface area (Å²) in [6.45, 7) is 4.91. The number of rotatable bonds is 5. The fraction of sp³-hybridized carbons (Fsp3) is 1.00. The largest absolute Gasteiger partial charge is 0.314 e. The molecule has 2 heterocycles. The van der Waals surface area contributed by atoms with Crippen molar-refractivity contribution < 1.29 is 0 Å². The second-order valence-electron chi connectivity index (χ2n) is 6.50. The highest BCUT2D eigenvalue weighted by molar-refractivity contribution is 4.98. The summed E-state index contributed by atoms with van der Waals surface area (Å²) in [4.78, 5) is 2.88. The van der Waals surface area contributed by atoms with Gasteiger partial charge in [-0.05, 0) is 57.4 Å². The second-order valence-corrected chi connectivity index (χ2v) is 6.50. The van der Waals surface area contributed by atoms with E-state index in [1.54, 1.807) is 0 Å². The molecule has 0 radical (unpaired) electrons. The molecule has 2 aliphatic heterocycles. The summed E-state index contributed by atoms with van der Waals surface area (Å²) in [7, 11) is 0. The van der Waals surface area contributed by atoms with Crippen LogP contribution in [0.15, 0.2) is 0 Å². The van der Waals surface area contributed by atoms with Gasteiger partial charge in [-0.3, -0.25) is 4.90 Å². The minimum absolute atomic E-state index is 0.824. The van der Waals surface area contributed by atoms with Crippen molar-refractivity contribution in [1.82, 2.24) is 10.2 Å². The van der Waals surface area contributed by atoms with Gasteiger partial charge in [0.15, 0.2) is 0 Å². The standard InChI is InChI=1S/C15H28N2/c1-2-8-16-13-9-14-6-7-15(10-13)17(14)11-12-4-3-5-12/h12-16H,2-11H2,1H3. The summed E-state index contributed by atoms with van der Waals surface area (Å²) >= 11 is 0. The molecule has 17 heavy (non-hydrogen) atoms. The van der Waals surface area contributed by atoms with Crippen LogP contribution in [-0.4, -0.2) is 36.1 Å². The molecule has 2 atom stereocenters. The van der Waals surface area contributed by atoms with Crippen molar-refractivity contribution in [2.24, 2.45) is 5.92 Å². The maximum atomic E-state index is 3.75. The molecule has 0 aromatic heterocycles. The SMILES string of the molecule is CCCNC1CC2CCC(C1)N2CC1CCC1. The fourth-order valence-electron chi connectivity index (χ4n) is 4.06. The Morgan fingerprint density at radius 1 is 1.06 bits per heavy atom. The molecule has 0 amide bonds. The molecular weight excluding hydrogens is 208 g/mol. The van der Waals surface area contributed by atoms with Gasteiger partial charge in [0.25, 0.3) is 0 Å². The first kappa shape index (κ1) is 12.0. The fourth-order valence-corrected chi connectivity index (χ4v) is 4.06. The van der Waals surface area contributed by atoms with E-state index in [4.69, 9.17) is 0 Å². The van der Waals surface area contributed by atoms with Gasteiger partial charge in [-0.15, -0.1) is 0 Å². The third kappa shape index (κ3) is 2.53. The van der Waals surface area contributed by atoms with Crippen molar-refractivity contribution >= 4 is 0 Å². The molecule has 2 unspecified atom stereocenters. The molecule has 98 valence electrons. The molecule has 3 aliphatic rings. The molecule has 1 N–H and O–H groups in total. The first-order valence-corrected chi connectivity index (χ1v) is 7.86. The second kappa shape index (κ2) is 5.27. The highest BCUT2D eigenvalue weighted by Gasteiger charge is 2.41. The maximum absolute atomic E-state index is 3.75. The predicted molar refractivity (Wildman–Crippen MR) is 72.2 cm³/mol. The molecule has 2 heteroatoms. The molecule has 3 rings (SSSR count). The van der Waals surface area contributed by atoms with Gasteiger partial charge in [0.2, 0.25) is 0 Å². The Morgan fingerprint density at radius 3 is 2.29 bits per heavy atom. The molecule has 0 aromatic rings. The van der Waals surface area contributed by atoms with Crippen LogP contribution < -0.4 is 5.32 Å². The van der Waals surface area contributed by atoms with Gasteiger partial charge in [-0.1, -0.05) is 13.3 Å². The van der Waals surface area contributed by atoms with E-state index in [9.17, 15) is 0 Å². The van der Waals surface area contributed by atoms with Crippen LogP contribution in [0.1, 0.15) is 58.3 Å². The van der Waals surface area contributed by atoms with Crippen LogP contribution >= 0.6 is 0 Å². The van der Waals surface area contributed by atoms with Crippen molar-refractivity contribution in [3.63, 3.8) is 0 Å². The number of fused-ring (bicyclic) bond motifs is 2. The van der Waals surface area contributed by atoms with E-state index in [1.807, 2.05) is 0 Å². The van der Waals surface area contributed by atoms with E-state index in [0.29, 0.717) is 0 Å². The number of hydrogen-bond donors (Lipinski definition) is 1. The number of piperidine rings is 1. The van der Waals surface area contributed by atoms with Crippen LogP contribution in [0, 0.1) is 5.92 Å². The van der Waals surface area contributed by atoms with Crippen molar-refractivity contribution in [3.05, 3.63) is 0 Å². The minimum Gasteiger partial charge on any atom is -0.314 e. The Balaban J connectivity index is 1.52. The van der Waals surface area contributed by atoms with E-state index in [1.165, 1.54) is 64.5 Å². The van der Waals surface area contributed by atoms with E-state index >= 15 is 0 Å². The molecule has 2 bridgehead atoms. The lowest BCUT2D eigenvalue weighted by atomic mass is 9.84. The smallest absolute Gasteiger partial charge is 0.0114 e. The zero-order chi connectivity index (χ0) is 11.7. The van der Waals surface area contributed by atoms with Crippen LogP contribution in [-0.2, 0) is 0 Å². The zero-order valence-electron chi connectivity index (χ0n) is 11.3. The number of nitrogens with one attached hydrogen (secondary N) is 1. The quantitative estimate of drug-likeness (QED) is 0.789. The van der Waals surface area contributed by atoms with Crippen LogP contribution in [0.5, 0.6) is 0 Å². The van der Waals surface area contributed by atoms with Gasteiger partial charge in [0.05, 0.1) is 0 Å². The van der Waals surface area contributed by atoms with Crippen LogP contribution in [0.3, 0.4) is 0 Å². The Bertz CT molecular complexity index is 235. The molecular formula is C15H28N2. The summed E-state index contributed by atoms with van der Waals surface area (Å²) in [5.74, 6) is 1.05. The first-order valence-electron chi connectivity index (χ1n) is 7.86. The first-order chi connectivity index (χ1) is 8.36. The van der Waals surface area contributed by atoms with Crippen LogP contribution in [0.4, 0.5) is 0 Å². The van der Waals surface area contributed by atoms with E-state index in [-0.39, 0.29) is 0 Å². The maximum Gasteiger partial charge on any atom is 0.0114 e. The van der Waals surface area contributed by atoms with Crippen LogP contribution in [0.25, 0.3) is 0 Å². The summed E-state index contributed by atoms with van der Waals surface area (Å²) in [5.41, 5.74) is 0. The van der Waals surface area contributed by atoms with E-state index in [0.717, 1.165) is 24.0 Å². The van der Waals surface area contributed by atoms with Crippen molar-refractivity contribution in [2.75, 3.05) is 13.1 Å². The Kier molecular flexibility index (Phi) is 3.72. The van der Waals surface area contributed by atoms with E-state index < -0.39 is 0 Å². The minimum atomic E-state index is 0.824. The highest BCUT2D eigenvalue weighted by Crippen LogP contribution is 2.38. The molecule has 0 aromatic carbocycles. The van der Waals surface area contributed by atoms with Gasteiger partial charge in [0.1, 0.15) is 0 Å². The Morgan fingerprint density at radius 2 is 1.76 bits per heavy atom. The Labute approximate surface area is 106 Å². The Hall–Kier alpha value is -0.0800. The summed E-state index contributed by atoms with van der Waals surface area (Å²) in [6, 6.07) is 2.66. The highest BCUT2D eigenvalue weighted by atomic mass is 15.2. The zero-order valence-corrected chi connectivity index (χ0v) is 11.3. The summed E-state index contributed by atoms with van der Waals surface area (Å²) in [6.07, 6.45) is 11.6. The van der Waals surface area contributed by atoms with Gasteiger partial charge in [-0.2, -0.15) is 0 Å². The van der Waals surface area contributed by atoms with Gasteiger partial charge >= 0.3 is 0 Å². The molecule has 0 spiro atoms. The van der Waals surface area contributed by atoms with Crippen molar-refractivity contribution in [1.29, 1.82) is 0 Å². The third-order valence-corrected chi connectivity index (χ3v) is 5.26. The van der Waals surface area contributed by atoms with E-state index in [2.05, 4.69) is 17.1 Å². The molecule has 1 aliphatic carbocycles. The number of hydrogen-bond acceptors (Lipinski definition) is 2. The third-order valence-electron chi connectivity index (χ3n) is 5.26. The monoisotopic (exact) mass is 236 g/mol. The normalized spacial score (nSPS) is 38.3. The average Bonchev–Trinajstić information content (AvgIpc) is 2.51. The summed E-state index contributed by atoms with van der Waals surface area (Å²) < 4.78 is 0. The average molecular weight is 236 g/mol. The number of nitrogens with zero attached hydrogens (tertiary/aromatic N) is 1. The summed E-state index contributed by atoms with van der Waals surface area (Å²) in [5, 5.41) is 3.75. The topological polar surface area (TPSA) is 15.3 Å². The lowest BCUT2D eigenvalue weighted by Gasteiger charge is -2.42. The van der Waals surface area contributed by atoms with Gasteiger partial charge in [0, 0.05) is 24.7 Å².